The summed E-state index contributed by atoms with van der Waals surface area (Å²) in [6.45, 7) is 1.64. The molecule has 0 aromatic heterocycles. The van der Waals surface area contributed by atoms with Crippen molar-refractivity contribution >= 4 is 23.6 Å². The van der Waals surface area contributed by atoms with Crippen molar-refractivity contribution in [2.45, 2.75) is 13.0 Å². The van der Waals surface area contributed by atoms with Gasteiger partial charge in [0.1, 0.15) is 6.10 Å². The minimum absolute atomic E-state index is 0.253. The first kappa shape index (κ1) is 13.9. The summed E-state index contributed by atoms with van der Waals surface area (Å²) in [7, 11) is 1.45. The van der Waals surface area contributed by atoms with E-state index in [1.165, 1.54) is 13.2 Å². The highest BCUT2D eigenvalue weighted by molar-refractivity contribution is 5.94. The average Bonchev–Trinajstić information content (AvgIpc) is 2.35. The molecule has 96 valence electrons. The molecular weight excluding hydrogens is 234 g/mol. The van der Waals surface area contributed by atoms with Crippen molar-refractivity contribution in [2.24, 2.45) is 0 Å². The van der Waals surface area contributed by atoms with Gasteiger partial charge in [-0.2, -0.15) is 0 Å². The van der Waals surface area contributed by atoms with Gasteiger partial charge in [-0.15, -0.1) is 0 Å². The van der Waals surface area contributed by atoms with E-state index in [-0.39, 0.29) is 5.91 Å². The van der Waals surface area contributed by atoms with E-state index in [0.717, 1.165) is 6.08 Å². The van der Waals surface area contributed by atoms with Crippen LogP contribution in [0.3, 0.4) is 0 Å². The van der Waals surface area contributed by atoms with Gasteiger partial charge in [0.15, 0.2) is 0 Å². The maximum atomic E-state index is 11.6. The fourth-order valence-corrected chi connectivity index (χ4v) is 1.24. The maximum Gasteiger partial charge on any atom is 0.328 e. The summed E-state index contributed by atoms with van der Waals surface area (Å²) in [4.78, 5) is 22.0. The summed E-state index contributed by atoms with van der Waals surface area (Å²) >= 11 is 0. The molecule has 2 N–H and O–H groups in total. The Morgan fingerprint density at radius 2 is 2.17 bits per heavy atom. The molecule has 1 unspecified atom stereocenters. The number of anilines is 1. The maximum absolute atomic E-state index is 11.6. The number of carboxylic acid groups (broad SMARTS) is 1. The van der Waals surface area contributed by atoms with Gasteiger partial charge >= 0.3 is 5.97 Å². The van der Waals surface area contributed by atoms with Gasteiger partial charge in [-0.05, 0) is 30.7 Å². The third-order valence-corrected chi connectivity index (χ3v) is 2.30. The van der Waals surface area contributed by atoms with Crippen molar-refractivity contribution in [1.82, 2.24) is 0 Å². The number of carbonyl (C=O) groups excluding carboxylic acids is 1. The standard InChI is InChI=1S/C13H15NO4/c1-9(18-2)13(17)14-11-5-3-4-10(8-11)6-7-12(15)16/h3-9H,1-2H3,(H,14,17)(H,15,16)/b7-6+. The number of methoxy groups -OCH3 is 1. The third kappa shape index (κ3) is 4.39. The fraction of sp³-hybridized carbons (Fsp3) is 0.231. The zero-order valence-corrected chi connectivity index (χ0v) is 10.2. The zero-order chi connectivity index (χ0) is 13.5. The number of ether oxygens (including phenoxy) is 1. The number of benzene rings is 1. The van der Waals surface area contributed by atoms with Crippen molar-refractivity contribution in [3.63, 3.8) is 0 Å². The first-order valence-corrected chi connectivity index (χ1v) is 5.37. The number of carboxylic acids is 1. The smallest absolute Gasteiger partial charge is 0.328 e. The van der Waals surface area contributed by atoms with Crippen LogP contribution in [0.1, 0.15) is 12.5 Å². The first-order valence-electron chi connectivity index (χ1n) is 5.37. The zero-order valence-electron chi connectivity index (χ0n) is 10.2. The van der Waals surface area contributed by atoms with Crippen LogP contribution in [0, 0.1) is 0 Å². The van der Waals surface area contributed by atoms with Crippen molar-refractivity contribution in [1.29, 1.82) is 0 Å². The molecule has 5 heteroatoms. The molecule has 1 amide bonds. The van der Waals surface area contributed by atoms with E-state index in [0.29, 0.717) is 11.3 Å². The Morgan fingerprint density at radius 1 is 1.44 bits per heavy atom. The second-order valence-corrected chi connectivity index (χ2v) is 3.66. The van der Waals surface area contributed by atoms with Gasteiger partial charge in [-0.25, -0.2) is 4.79 Å². The van der Waals surface area contributed by atoms with E-state index in [1.54, 1.807) is 31.2 Å². The SMILES string of the molecule is COC(C)C(=O)Nc1cccc(/C=C/C(=O)O)c1. The topological polar surface area (TPSA) is 75.6 Å². The Kier molecular flexibility index (Phi) is 5.07. The number of nitrogens with one attached hydrogen (secondary N) is 1. The molecule has 0 saturated carbocycles. The summed E-state index contributed by atoms with van der Waals surface area (Å²) in [5.74, 6) is -1.27. The van der Waals surface area contributed by atoms with Gasteiger partial charge in [0.05, 0.1) is 0 Å². The summed E-state index contributed by atoms with van der Waals surface area (Å²) in [6, 6.07) is 6.88. The molecule has 0 aliphatic carbocycles. The lowest BCUT2D eigenvalue weighted by molar-refractivity contribution is -0.131. The molecule has 0 bridgehead atoms. The second kappa shape index (κ2) is 6.56. The number of aliphatic carboxylic acids is 1. The van der Waals surface area contributed by atoms with E-state index in [2.05, 4.69) is 5.32 Å². The van der Waals surface area contributed by atoms with E-state index >= 15 is 0 Å². The summed E-state index contributed by atoms with van der Waals surface area (Å²) < 4.78 is 4.89. The Bertz CT molecular complexity index is 468. The monoisotopic (exact) mass is 249 g/mol. The first-order chi connectivity index (χ1) is 8.52. The quantitative estimate of drug-likeness (QED) is 0.780. The van der Waals surface area contributed by atoms with Gasteiger partial charge < -0.3 is 15.2 Å². The molecule has 1 atom stereocenters. The van der Waals surface area contributed by atoms with Crippen molar-refractivity contribution in [3.05, 3.63) is 35.9 Å². The minimum atomic E-state index is -1.02. The molecule has 0 fully saturated rings. The molecule has 0 heterocycles. The molecule has 1 rings (SSSR count). The molecule has 1 aromatic carbocycles. The van der Waals surface area contributed by atoms with Crippen molar-refractivity contribution in [3.8, 4) is 0 Å². The van der Waals surface area contributed by atoms with Crippen LogP contribution < -0.4 is 5.32 Å². The number of amides is 1. The molecular formula is C13H15NO4. The van der Waals surface area contributed by atoms with Crippen LogP contribution in [-0.4, -0.2) is 30.2 Å². The molecule has 1 aromatic rings. The highest BCUT2D eigenvalue weighted by Gasteiger charge is 2.11. The Labute approximate surface area is 105 Å². The molecule has 5 nitrogen and oxygen atoms in total. The van der Waals surface area contributed by atoms with Gasteiger partial charge in [0, 0.05) is 18.9 Å². The van der Waals surface area contributed by atoms with Gasteiger partial charge in [-0.1, -0.05) is 12.1 Å². The van der Waals surface area contributed by atoms with Crippen LogP contribution in [0.5, 0.6) is 0 Å². The number of carbonyl (C=O) groups is 2. The van der Waals surface area contributed by atoms with Crippen LogP contribution in [0.2, 0.25) is 0 Å². The van der Waals surface area contributed by atoms with Crippen molar-refractivity contribution in [2.75, 3.05) is 12.4 Å². The molecule has 0 aliphatic rings. The molecule has 0 spiro atoms. The van der Waals surface area contributed by atoms with E-state index in [4.69, 9.17) is 9.84 Å². The fourth-order valence-electron chi connectivity index (χ4n) is 1.24. The Hall–Kier alpha value is -2.14. The van der Waals surface area contributed by atoms with Gasteiger partial charge in [0.2, 0.25) is 0 Å². The molecule has 0 aliphatic heterocycles. The highest BCUT2D eigenvalue weighted by atomic mass is 16.5. The summed E-state index contributed by atoms with van der Waals surface area (Å²) in [5.41, 5.74) is 1.29. The van der Waals surface area contributed by atoms with Gasteiger partial charge in [-0.3, -0.25) is 4.79 Å². The van der Waals surface area contributed by atoms with Crippen molar-refractivity contribution < 1.29 is 19.4 Å². The third-order valence-electron chi connectivity index (χ3n) is 2.30. The lowest BCUT2D eigenvalue weighted by Gasteiger charge is -2.10. The Balaban J connectivity index is 2.76. The van der Waals surface area contributed by atoms with E-state index in [9.17, 15) is 9.59 Å². The van der Waals surface area contributed by atoms with Crippen LogP contribution in [0.4, 0.5) is 5.69 Å². The number of hydrogen-bond donors (Lipinski definition) is 2. The van der Waals surface area contributed by atoms with Crippen LogP contribution in [0.15, 0.2) is 30.3 Å². The van der Waals surface area contributed by atoms with Crippen LogP contribution in [0.25, 0.3) is 6.08 Å². The van der Waals surface area contributed by atoms with E-state index < -0.39 is 12.1 Å². The largest absolute Gasteiger partial charge is 0.478 e. The normalized spacial score (nSPS) is 12.3. The Morgan fingerprint density at radius 3 is 2.78 bits per heavy atom. The minimum Gasteiger partial charge on any atom is -0.478 e. The van der Waals surface area contributed by atoms with Gasteiger partial charge in [0.25, 0.3) is 5.91 Å². The lowest BCUT2D eigenvalue weighted by Crippen LogP contribution is -2.26. The second-order valence-electron chi connectivity index (χ2n) is 3.66. The number of hydrogen-bond acceptors (Lipinski definition) is 3. The number of rotatable bonds is 5. The summed E-state index contributed by atoms with van der Waals surface area (Å²) in [6.07, 6.45) is 1.96. The molecule has 0 radical (unpaired) electrons. The molecule has 0 saturated heterocycles. The average molecular weight is 249 g/mol. The van der Waals surface area contributed by atoms with Crippen LogP contribution in [-0.2, 0) is 14.3 Å². The summed E-state index contributed by atoms with van der Waals surface area (Å²) in [5, 5.41) is 11.2. The highest BCUT2D eigenvalue weighted by Crippen LogP contribution is 2.12. The lowest BCUT2D eigenvalue weighted by atomic mass is 10.2. The predicted octanol–water partition coefficient (Wildman–Crippen LogP) is 1.76. The molecule has 18 heavy (non-hydrogen) atoms. The van der Waals surface area contributed by atoms with E-state index in [1.807, 2.05) is 0 Å². The van der Waals surface area contributed by atoms with Crippen LogP contribution >= 0.6 is 0 Å². The predicted molar refractivity (Wildman–Crippen MR) is 68.2 cm³/mol.